The fourth-order valence-electron chi connectivity index (χ4n) is 2.85. The van der Waals surface area contributed by atoms with Crippen molar-refractivity contribution in [3.8, 4) is 11.5 Å². The van der Waals surface area contributed by atoms with E-state index in [-0.39, 0.29) is 17.7 Å². The maximum Gasteiger partial charge on any atom is 0.246 e. The first-order valence-corrected chi connectivity index (χ1v) is 8.97. The standard InChI is InChI=1S/C20H28N2O4/c1-14(2)13-26-17-8-6-15(11-18(17)25-3)7-9-19(23)22-10-4-5-16(12-22)20(21)24/h6-9,11,14,16H,4-5,10,12-13H2,1-3H3,(H2,21,24)/b9-7+. The lowest BCUT2D eigenvalue weighted by molar-refractivity contribution is -0.130. The Balaban J connectivity index is 2.02. The number of rotatable bonds is 7. The number of nitrogens with two attached hydrogens (primary N) is 1. The summed E-state index contributed by atoms with van der Waals surface area (Å²) < 4.78 is 11.1. The van der Waals surface area contributed by atoms with Crippen LogP contribution >= 0.6 is 0 Å². The lowest BCUT2D eigenvalue weighted by Crippen LogP contribution is -2.43. The highest BCUT2D eigenvalue weighted by Gasteiger charge is 2.25. The van der Waals surface area contributed by atoms with Crippen molar-refractivity contribution in [3.63, 3.8) is 0 Å². The number of likely N-dealkylation sites (tertiary alicyclic amines) is 1. The zero-order valence-electron chi connectivity index (χ0n) is 15.7. The number of carbonyl (C=O) groups is 2. The zero-order valence-corrected chi connectivity index (χ0v) is 15.7. The molecule has 0 aromatic heterocycles. The number of piperidine rings is 1. The Labute approximate surface area is 154 Å². The summed E-state index contributed by atoms with van der Waals surface area (Å²) in [6.07, 6.45) is 4.80. The zero-order chi connectivity index (χ0) is 19.1. The van der Waals surface area contributed by atoms with E-state index in [1.807, 2.05) is 18.2 Å². The van der Waals surface area contributed by atoms with Crippen molar-refractivity contribution >= 4 is 17.9 Å². The summed E-state index contributed by atoms with van der Waals surface area (Å²) in [5, 5.41) is 0. The van der Waals surface area contributed by atoms with Crippen molar-refractivity contribution in [2.24, 2.45) is 17.6 Å². The Morgan fingerprint density at radius 2 is 2.12 bits per heavy atom. The van der Waals surface area contributed by atoms with Gasteiger partial charge in [-0.15, -0.1) is 0 Å². The highest BCUT2D eigenvalue weighted by atomic mass is 16.5. The molecular weight excluding hydrogens is 332 g/mol. The third kappa shape index (κ3) is 5.51. The molecule has 1 aliphatic rings. The lowest BCUT2D eigenvalue weighted by Gasteiger charge is -2.30. The molecule has 1 fully saturated rings. The molecule has 1 aliphatic heterocycles. The first-order valence-electron chi connectivity index (χ1n) is 8.97. The molecule has 0 radical (unpaired) electrons. The van der Waals surface area contributed by atoms with Crippen LogP contribution in [-0.2, 0) is 9.59 Å². The largest absolute Gasteiger partial charge is 0.493 e. The maximum atomic E-state index is 12.4. The van der Waals surface area contributed by atoms with Crippen LogP contribution in [0.5, 0.6) is 11.5 Å². The topological polar surface area (TPSA) is 81.9 Å². The van der Waals surface area contributed by atoms with Gasteiger partial charge in [0.15, 0.2) is 11.5 Å². The molecule has 1 unspecified atom stereocenters. The Morgan fingerprint density at radius 1 is 1.35 bits per heavy atom. The minimum Gasteiger partial charge on any atom is -0.493 e. The predicted molar refractivity (Wildman–Crippen MR) is 101 cm³/mol. The van der Waals surface area contributed by atoms with Gasteiger partial charge in [0.2, 0.25) is 11.8 Å². The molecule has 2 rings (SSSR count). The van der Waals surface area contributed by atoms with Crippen LogP contribution in [0.1, 0.15) is 32.3 Å². The van der Waals surface area contributed by atoms with Crippen LogP contribution in [0, 0.1) is 11.8 Å². The first-order chi connectivity index (χ1) is 12.4. The number of hydrogen-bond donors (Lipinski definition) is 1. The van der Waals surface area contributed by atoms with Crippen molar-refractivity contribution in [2.75, 3.05) is 26.8 Å². The number of methoxy groups -OCH3 is 1. The Kier molecular flexibility index (Phi) is 7.06. The van der Waals surface area contributed by atoms with Gasteiger partial charge in [-0.3, -0.25) is 9.59 Å². The molecule has 0 spiro atoms. The van der Waals surface area contributed by atoms with E-state index in [1.54, 1.807) is 18.1 Å². The van der Waals surface area contributed by atoms with E-state index in [4.69, 9.17) is 15.2 Å². The van der Waals surface area contributed by atoms with E-state index in [9.17, 15) is 9.59 Å². The molecule has 1 aromatic carbocycles. The average molecular weight is 360 g/mol. The quantitative estimate of drug-likeness (QED) is 0.757. The molecule has 1 heterocycles. The average Bonchev–Trinajstić information content (AvgIpc) is 2.64. The third-order valence-corrected chi connectivity index (χ3v) is 4.31. The minimum absolute atomic E-state index is 0.116. The molecule has 6 nitrogen and oxygen atoms in total. The SMILES string of the molecule is COc1cc(/C=C/C(=O)N2CCCC(C(N)=O)C2)ccc1OCC(C)C. The summed E-state index contributed by atoms with van der Waals surface area (Å²) in [7, 11) is 1.59. The Bertz CT molecular complexity index is 670. The normalized spacial score (nSPS) is 17.5. The van der Waals surface area contributed by atoms with Crippen LogP contribution in [0.15, 0.2) is 24.3 Å². The molecule has 26 heavy (non-hydrogen) atoms. The monoisotopic (exact) mass is 360 g/mol. The molecular formula is C20H28N2O4. The van der Waals surface area contributed by atoms with Crippen LogP contribution in [0.4, 0.5) is 0 Å². The molecule has 1 aromatic rings. The number of primary amides is 1. The smallest absolute Gasteiger partial charge is 0.246 e. The molecule has 2 amide bonds. The van der Waals surface area contributed by atoms with Crippen LogP contribution in [0.3, 0.4) is 0 Å². The van der Waals surface area contributed by atoms with Gasteiger partial charge in [0.1, 0.15) is 0 Å². The van der Waals surface area contributed by atoms with Gasteiger partial charge in [0.05, 0.1) is 19.6 Å². The molecule has 6 heteroatoms. The maximum absolute atomic E-state index is 12.4. The number of amides is 2. The van der Waals surface area contributed by atoms with E-state index >= 15 is 0 Å². The molecule has 0 saturated carbocycles. The fourth-order valence-corrected chi connectivity index (χ4v) is 2.85. The van der Waals surface area contributed by atoms with Crippen LogP contribution in [0.2, 0.25) is 0 Å². The number of nitrogens with zero attached hydrogens (tertiary/aromatic N) is 1. The van der Waals surface area contributed by atoms with Crippen LogP contribution < -0.4 is 15.2 Å². The van der Waals surface area contributed by atoms with E-state index < -0.39 is 0 Å². The van der Waals surface area contributed by atoms with Gasteiger partial charge in [-0.1, -0.05) is 19.9 Å². The van der Waals surface area contributed by atoms with Gasteiger partial charge < -0.3 is 20.1 Å². The van der Waals surface area contributed by atoms with Crippen molar-refractivity contribution in [2.45, 2.75) is 26.7 Å². The number of ether oxygens (including phenoxy) is 2. The van der Waals surface area contributed by atoms with Crippen molar-refractivity contribution in [1.82, 2.24) is 4.90 Å². The summed E-state index contributed by atoms with van der Waals surface area (Å²) >= 11 is 0. The second-order valence-corrected chi connectivity index (χ2v) is 6.97. The van der Waals surface area contributed by atoms with E-state index in [0.717, 1.165) is 18.4 Å². The van der Waals surface area contributed by atoms with Gasteiger partial charge >= 0.3 is 0 Å². The predicted octanol–water partition coefficient (Wildman–Crippen LogP) is 2.47. The van der Waals surface area contributed by atoms with Gasteiger partial charge in [-0.05, 0) is 42.5 Å². The van der Waals surface area contributed by atoms with Crippen molar-refractivity contribution in [1.29, 1.82) is 0 Å². The van der Waals surface area contributed by atoms with Crippen molar-refractivity contribution < 1.29 is 19.1 Å². The molecule has 2 N–H and O–H groups in total. The summed E-state index contributed by atoms with van der Waals surface area (Å²) in [5.41, 5.74) is 6.21. The molecule has 1 saturated heterocycles. The van der Waals surface area contributed by atoms with Gasteiger partial charge in [-0.25, -0.2) is 0 Å². The lowest BCUT2D eigenvalue weighted by atomic mass is 9.97. The van der Waals surface area contributed by atoms with E-state index in [0.29, 0.717) is 37.1 Å². The van der Waals surface area contributed by atoms with E-state index in [1.165, 1.54) is 6.08 Å². The van der Waals surface area contributed by atoms with Crippen molar-refractivity contribution in [3.05, 3.63) is 29.8 Å². The highest BCUT2D eigenvalue weighted by molar-refractivity contribution is 5.92. The summed E-state index contributed by atoms with van der Waals surface area (Å²) in [5.74, 6) is 1.03. The fraction of sp³-hybridized carbons (Fsp3) is 0.500. The summed E-state index contributed by atoms with van der Waals surface area (Å²) in [4.78, 5) is 25.4. The third-order valence-electron chi connectivity index (χ3n) is 4.31. The van der Waals surface area contributed by atoms with Gasteiger partial charge in [0.25, 0.3) is 0 Å². The first kappa shape index (κ1) is 19.8. The van der Waals surface area contributed by atoms with Gasteiger partial charge in [0, 0.05) is 19.2 Å². The van der Waals surface area contributed by atoms with Crippen LogP contribution in [-0.4, -0.2) is 43.5 Å². The number of hydrogen-bond acceptors (Lipinski definition) is 4. The van der Waals surface area contributed by atoms with E-state index in [2.05, 4.69) is 13.8 Å². The molecule has 0 aliphatic carbocycles. The summed E-state index contributed by atoms with van der Waals surface area (Å²) in [6, 6.07) is 5.56. The molecule has 1 atom stereocenters. The molecule has 0 bridgehead atoms. The summed E-state index contributed by atoms with van der Waals surface area (Å²) in [6.45, 7) is 5.82. The number of carbonyl (C=O) groups excluding carboxylic acids is 2. The Hall–Kier alpha value is -2.50. The highest BCUT2D eigenvalue weighted by Crippen LogP contribution is 2.29. The van der Waals surface area contributed by atoms with Crippen LogP contribution in [0.25, 0.3) is 6.08 Å². The second-order valence-electron chi connectivity index (χ2n) is 6.97. The second kappa shape index (κ2) is 9.27. The van der Waals surface area contributed by atoms with Gasteiger partial charge in [-0.2, -0.15) is 0 Å². The number of benzene rings is 1. The minimum atomic E-state index is -0.340. The molecule has 142 valence electrons. The Morgan fingerprint density at radius 3 is 2.77 bits per heavy atom.